The molecule has 1 heterocycles. The Labute approximate surface area is 184 Å². The predicted octanol–water partition coefficient (Wildman–Crippen LogP) is 3.87. The van der Waals surface area contributed by atoms with Crippen LogP contribution in [0.25, 0.3) is 0 Å². The van der Waals surface area contributed by atoms with Crippen molar-refractivity contribution in [1.82, 2.24) is 10.6 Å². The fourth-order valence-corrected chi connectivity index (χ4v) is 3.04. The summed E-state index contributed by atoms with van der Waals surface area (Å²) in [7, 11) is 1.79. The second-order valence-corrected chi connectivity index (χ2v) is 6.74. The summed E-state index contributed by atoms with van der Waals surface area (Å²) in [6, 6.07) is 18.7. The number of hydrogen-bond acceptors (Lipinski definition) is 3. The highest BCUT2D eigenvalue weighted by molar-refractivity contribution is 14.0. The van der Waals surface area contributed by atoms with Gasteiger partial charge in [-0.05, 0) is 29.5 Å². The molecule has 6 heteroatoms. The van der Waals surface area contributed by atoms with Gasteiger partial charge in [0.05, 0.1) is 19.3 Å². The smallest absolute Gasteiger partial charge is 0.191 e. The number of ether oxygens (including phenoxy) is 2. The van der Waals surface area contributed by atoms with Crippen molar-refractivity contribution < 1.29 is 9.47 Å². The molecular weight excluding hydrogens is 465 g/mol. The van der Waals surface area contributed by atoms with Crippen molar-refractivity contribution in [3.63, 3.8) is 0 Å². The highest BCUT2D eigenvalue weighted by Crippen LogP contribution is 2.10. The zero-order valence-corrected chi connectivity index (χ0v) is 18.7. The van der Waals surface area contributed by atoms with Gasteiger partial charge in [0.15, 0.2) is 5.96 Å². The Kier molecular flexibility index (Phi) is 10.3. The van der Waals surface area contributed by atoms with Crippen LogP contribution in [0.3, 0.4) is 0 Å². The molecule has 0 bridgehead atoms. The van der Waals surface area contributed by atoms with E-state index < -0.39 is 0 Å². The molecule has 0 radical (unpaired) electrons. The van der Waals surface area contributed by atoms with E-state index in [0.29, 0.717) is 19.3 Å². The zero-order valence-electron chi connectivity index (χ0n) is 16.4. The SMILES string of the molecule is CN=C(NCc1ccc(COCc2ccccc2)cc1)NCC1CCCO1.I. The minimum Gasteiger partial charge on any atom is -0.376 e. The number of rotatable bonds is 8. The number of aliphatic imine (C=N–C) groups is 1. The third kappa shape index (κ3) is 7.77. The van der Waals surface area contributed by atoms with Gasteiger partial charge in [0, 0.05) is 26.7 Å². The van der Waals surface area contributed by atoms with Crippen LogP contribution in [-0.4, -0.2) is 32.3 Å². The van der Waals surface area contributed by atoms with Gasteiger partial charge in [-0.3, -0.25) is 4.99 Å². The average molecular weight is 495 g/mol. The highest BCUT2D eigenvalue weighted by atomic mass is 127. The molecule has 0 saturated carbocycles. The molecule has 1 saturated heterocycles. The zero-order chi connectivity index (χ0) is 18.7. The number of nitrogens with zero attached hydrogens (tertiary/aromatic N) is 1. The summed E-state index contributed by atoms with van der Waals surface area (Å²) in [5.74, 6) is 0.806. The summed E-state index contributed by atoms with van der Waals surface area (Å²) in [6.45, 7) is 3.66. The van der Waals surface area contributed by atoms with Crippen molar-refractivity contribution in [2.75, 3.05) is 20.2 Å². The topological polar surface area (TPSA) is 54.9 Å². The van der Waals surface area contributed by atoms with Gasteiger partial charge in [0.2, 0.25) is 0 Å². The first-order chi connectivity index (χ1) is 13.3. The molecule has 1 unspecified atom stereocenters. The summed E-state index contributed by atoms with van der Waals surface area (Å²) in [5, 5.41) is 6.68. The van der Waals surface area contributed by atoms with Crippen molar-refractivity contribution >= 4 is 29.9 Å². The lowest BCUT2D eigenvalue weighted by Gasteiger charge is -2.15. The van der Waals surface area contributed by atoms with Gasteiger partial charge in [0.25, 0.3) is 0 Å². The van der Waals surface area contributed by atoms with E-state index in [4.69, 9.17) is 9.47 Å². The van der Waals surface area contributed by atoms with Crippen LogP contribution in [0.1, 0.15) is 29.5 Å². The number of benzene rings is 2. The van der Waals surface area contributed by atoms with Gasteiger partial charge >= 0.3 is 0 Å². The van der Waals surface area contributed by atoms with Crippen LogP contribution in [0.4, 0.5) is 0 Å². The van der Waals surface area contributed by atoms with E-state index in [1.807, 2.05) is 18.2 Å². The van der Waals surface area contributed by atoms with Gasteiger partial charge < -0.3 is 20.1 Å². The molecule has 1 atom stereocenters. The van der Waals surface area contributed by atoms with E-state index in [1.54, 1.807) is 7.05 Å². The molecule has 1 aliphatic heterocycles. The second-order valence-electron chi connectivity index (χ2n) is 6.74. The molecule has 0 aliphatic carbocycles. The molecular formula is C22H30IN3O2. The lowest BCUT2D eigenvalue weighted by atomic mass is 10.1. The van der Waals surface area contributed by atoms with E-state index in [1.165, 1.54) is 16.7 Å². The van der Waals surface area contributed by atoms with Crippen molar-refractivity contribution in [3.8, 4) is 0 Å². The fraction of sp³-hybridized carbons (Fsp3) is 0.409. The fourth-order valence-electron chi connectivity index (χ4n) is 3.04. The lowest BCUT2D eigenvalue weighted by molar-refractivity contribution is 0.107. The first kappa shape index (κ1) is 22.6. The summed E-state index contributed by atoms with van der Waals surface area (Å²) in [5.41, 5.74) is 3.58. The average Bonchev–Trinajstić information content (AvgIpc) is 3.24. The largest absolute Gasteiger partial charge is 0.376 e. The number of hydrogen-bond donors (Lipinski definition) is 2. The Balaban J connectivity index is 0.00000280. The quantitative estimate of drug-likeness (QED) is 0.332. The number of nitrogens with one attached hydrogen (secondary N) is 2. The molecule has 2 aromatic carbocycles. The van der Waals surface area contributed by atoms with Crippen LogP contribution >= 0.6 is 24.0 Å². The molecule has 0 amide bonds. The van der Waals surface area contributed by atoms with Gasteiger partial charge in [-0.25, -0.2) is 0 Å². The second kappa shape index (κ2) is 12.7. The molecule has 2 aromatic rings. The number of guanidine groups is 1. The predicted molar refractivity (Wildman–Crippen MR) is 124 cm³/mol. The Morgan fingerprint density at radius 2 is 1.68 bits per heavy atom. The van der Waals surface area contributed by atoms with Crippen LogP contribution in [0.15, 0.2) is 59.6 Å². The highest BCUT2D eigenvalue weighted by Gasteiger charge is 2.15. The number of halogens is 1. The molecule has 5 nitrogen and oxygen atoms in total. The van der Waals surface area contributed by atoms with E-state index in [9.17, 15) is 0 Å². The summed E-state index contributed by atoms with van der Waals surface area (Å²) in [4.78, 5) is 4.27. The molecule has 0 aromatic heterocycles. The maximum Gasteiger partial charge on any atom is 0.191 e. The minimum absolute atomic E-state index is 0. The van der Waals surface area contributed by atoms with E-state index >= 15 is 0 Å². The van der Waals surface area contributed by atoms with Crippen LogP contribution in [0, 0.1) is 0 Å². The normalized spacial score (nSPS) is 16.5. The molecule has 1 aliphatic rings. The van der Waals surface area contributed by atoms with Crippen LogP contribution < -0.4 is 10.6 Å². The van der Waals surface area contributed by atoms with Crippen LogP contribution in [0.2, 0.25) is 0 Å². The Hall–Kier alpha value is -1.64. The van der Waals surface area contributed by atoms with Gasteiger partial charge in [-0.1, -0.05) is 54.6 Å². The molecule has 152 valence electrons. The summed E-state index contributed by atoms with van der Waals surface area (Å²) < 4.78 is 11.4. The third-order valence-corrected chi connectivity index (χ3v) is 4.61. The third-order valence-electron chi connectivity index (χ3n) is 4.61. The monoisotopic (exact) mass is 495 g/mol. The van der Waals surface area contributed by atoms with Gasteiger partial charge in [-0.15, -0.1) is 24.0 Å². The van der Waals surface area contributed by atoms with Crippen LogP contribution in [0.5, 0.6) is 0 Å². The Bertz CT molecular complexity index is 701. The molecule has 0 spiro atoms. The van der Waals surface area contributed by atoms with E-state index in [2.05, 4.69) is 52.0 Å². The lowest BCUT2D eigenvalue weighted by Crippen LogP contribution is -2.40. The van der Waals surface area contributed by atoms with Crippen molar-refractivity contribution in [2.24, 2.45) is 4.99 Å². The summed E-state index contributed by atoms with van der Waals surface area (Å²) in [6.07, 6.45) is 2.58. The van der Waals surface area contributed by atoms with E-state index in [0.717, 1.165) is 38.5 Å². The van der Waals surface area contributed by atoms with Crippen LogP contribution in [-0.2, 0) is 29.2 Å². The van der Waals surface area contributed by atoms with Crippen molar-refractivity contribution in [1.29, 1.82) is 0 Å². The molecule has 1 fully saturated rings. The molecule has 2 N–H and O–H groups in total. The summed E-state index contributed by atoms with van der Waals surface area (Å²) >= 11 is 0. The molecule has 3 rings (SSSR count). The minimum atomic E-state index is 0. The Morgan fingerprint density at radius 3 is 2.32 bits per heavy atom. The first-order valence-corrected chi connectivity index (χ1v) is 9.59. The Morgan fingerprint density at radius 1 is 1.00 bits per heavy atom. The maximum atomic E-state index is 5.79. The van der Waals surface area contributed by atoms with E-state index in [-0.39, 0.29) is 24.0 Å². The first-order valence-electron chi connectivity index (χ1n) is 9.59. The standard InChI is InChI=1S/C22H29N3O2.HI/c1-23-22(25-15-21-8-5-13-27-21)24-14-18-9-11-20(12-10-18)17-26-16-19-6-3-2-4-7-19;/h2-4,6-7,9-12,21H,5,8,13-17H2,1H3,(H2,23,24,25);1H. The van der Waals surface area contributed by atoms with Crippen molar-refractivity contribution in [3.05, 3.63) is 71.3 Å². The van der Waals surface area contributed by atoms with Gasteiger partial charge in [0.1, 0.15) is 0 Å². The maximum absolute atomic E-state index is 5.79. The molecule has 28 heavy (non-hydrogen) atoms. The van der Waals surface area contributed by atoms with Crippen molar-refractivity contribution in [2.45, 2.75) is 38.7 Å². The van der Waals surface area contributed by atoms with Gasteiger partial charge in [-0.2, -0.15) is 0 Å².